The van der Waals surface area contributed by atoms with Crippen molar-refractivity contribution in [3.63, 3.8) is 0 Å². The van der Waals surface area contributed by atoms with Gasteiger partial charge in [-0.3, -0.25) is 0 Å². The van der Waals surface area contributed by atoms with Crippen molar-refractivity contribution < 1.29 is 0 Å². The zero-order chi connectivity index (χ0) is 17.4. The van der Waals surface area contributed by atoms with Crippen molar-refractivity contribution in [1.29, 1.82) is 0 Å². The fourth-order valence-corrected chi connectivity index (χ4v) is 3.96. The van der Waals surface area contributed by atoms with E-state index in [0.29, 0.717) is 5.92 Å². The predicted octanol–water partition coefficient (Wildman–Crippen LogP) is 5.06. The molecule has 1 aliphatic rings. The topological polar surface area (TPSA) is 17.0 Å². The van der Waals surface area contributed by atoms with E-state index in [1.807, 2.05) is 0 Å². The first-order valence-corrected chi connectivity index (χ1v) is 9.40. The summed E-state index contributed by atoms with van der Waals surface area (Å²) >= 11 is 0. The van der Waals surface area contributed by atoms with Crippen molar-refractivity contribution in [2.45, 2.75) is 45.1 Å². The first-order chi connectivity index (χ1) is 12.0. The molecule has 1 atom stereocenters. The molecule has 2 nitrogen and oxygen atoms in total. The molecule has 1 fully saturated rings. The quantitative estimate of drug-likeness (QED) is 0.709. The maximum Gasteiger partial charge on any atom is 0.0486 e. The largest absolute Gasteiger partial charge is 0.343 e. The van der Waals surface area contributed by atoms with Crippen molar-refractivity contribution in [3.05, 3.63) is 71.4 Å². The van der Waals surface area contributed by atoms with Crippen LogP contribution in [0, 0.1) is 0 Å². The molecule has 0 saturated carbocycles. The van der Waals surface area contributed by atoms with E-state index in [1.54, 1.807) is 0 Å². The van der Waals surface area contributed by atoms with Gasteiger partial charge in [0, 0.05) is 30.2 Å². The number of rotatable bonds is 3. The average Bonchev–Trinajstić information content (AvgIpc) is 3.23. The molecule has 1 N–H and O–H groups in total. The summed E-state index contributed by atoms with van der Waals surface area (Å²) in [6.07, 6.45) is 3.63. The third-order valence-corrected chi connectivity index (χ3v) is 5.49. The van der Waals surface area contributed by atoms with Crippen LogP contribution in [-0.2, 0) is 12.0 Å². The minimum atomic E-state index is 0.210. The fourth-order valence-electron chi connectivity index (χ4n) is 3.96. The van der Waals surface area contributed by atoms with E-state index in [-0.39, 0.29) is 5.41 Å². The summed E-state index contributed by atoms with van der Waals surface area (Å²) < 4.78 is 2.43. The lowest BCUT2D eigenvalue weighted by atomic mass is 9.87. The van der Waals surface area contributed by atoms with Gasteiger partial charge in [0.2, 0.25) is 0 Å². The molecule has 4 rings (SSSR count). The van der Waals surface area contributed by atoms with Gasteiger partial charge in [-0.1, -0.05) is 63.2 Å². The number of nitrogens with zero attached hydrogens (tertiary/aromatic N) is 1. The Bertz CT molecular complexity index is 859. The maximum absolute atomic E-state index is 3.51. The highest BCUT2D eigenvalue weighted by atomic mass is 15.0. The Morgan fingerprint density at radius 3 is 2.48 bits per heavy atom. The standard InChI is InChI=1S/C23H28N2/c1-23(2,3)19-10-8-17(9-11-19)15-25-16-21(18-12-13-24-14-18)20-6-4-5-7-22(20)25/h4-11,16,18,24H,12-15H2,1-3H3. The molecule has 1 unspecified atom stereocenters. The predicted molar refractivity (Wildman–Crippen MR) is 106 cm³/mol. The van der Waals surface area contributed by atoms with Gasteiger partial charge < -0.3 is 9.88 Å². The van der Waals surface area contributed by atoms with Crippen LogP contribution >= 0.6 is 0 Å². The van der Waals surface area contributed by atoms with Gasteiger partial charge in [-0.25, -0.2) is 0 Å². The van der Waals surface area contributed by atoms with Crippen LogP contribution in [0.4, 0.5) is 0 Å². The fraction of sp³-hybridized carbons (Fsp3) is 0.391. The van der Waals surface area contributed by atoms with Crippen LogP contribution in [0.15, 0.2) is 54.7 Å². The Balaban J connectivity index is 1.67. The Labute approximate surface area is 150 Å². The van der Waals surface area contributed by atoms with Gasteiger partial charge in [-0.2, -0.15) is 0 Å². The molecule has 0 bridgehead atoms. The highest BCUT2D eigenvalue weighted by molar-refractivity contribution is 5.84. The zero-order valence-electron chi connectivity index (χ0n) is 15.5. The molecule has 2 aromatic carbocycles. The van der Waals surface area contributed by atoms with Crippen molar-refractivity contribution >= 4 is 10.9 Å². The monoisotopic (exact) mass is 332 g/mol. The van der Waals surface area contributed by atoms with Crippen LogP contribution < -0.4 is 5.32 Å². The van der Waals surface area contributed by atoms with Crippen molar-refractivity contribution in [1.82, 2.24) is 9.88 Å². The number of hydrogen-bond donors (Lipinski definition) is 1. The third kappa shape index (κ3) is 3.23. The maximum atomic E-state index is 3.51. The molecule has 0 spiro atoms. The molecule has 25 heavy (non-hydrogen) atoms. The Kier molecular flexibility index (Phi) is 4.16. The van der Waals surface area contributed by atoms with Gasteiger partial charge in [-0.05, 0) is 47.1 Å². The van der Waals surface area contributed by atoms with Gasteiger partial charge >= 0.3 is 0 Å². The Hall–Kier alpha value is -2.06. The van der Waals surface area contributed by atoms with Crippen LogP contribution in [0.1, 0.15) is 49.8 Å². The summed E-state index contributed by atoms with van der Waals surface area (Å²) in [6.45, 7) is 9.98. The van der Waals surface area contributed by atoms with E-state index in [1.165, 1.54) is 34.0 Å². The number of hydrogen-bond acceptors (Lipinski definition) is 1. The second-order valence-electron chi connectivity index (χ2n) is 8.37. The number of benzene rings is 2. The van der Waals surface area contributed by atoms with Crippen molar-refractivity contribution in [3.8, 4) is 0 Å². The molecule has 2 heteroatoms. The Morgan fingerprint density at radius 2 is 1.80 bits per heavy atom. The first kappa shape index (κ1) is 16.4. The molecular weight excluding hydrogens is 304 g/mol. The van der Waals surface area contributed by atoms with Gasteiger partial charge in [-0.15, -0.1) is 0 Å². The lowest BCUT2D eigenvalue weighted by Gasteiger charge is -2.19. The van der Waals surface area contributed by atoms with Gasteiger partial charge in [0.15, 0.2) is 0 Å². The third-order valence-electron chi connectivity index (χ3n) is 5.49. The highest BCUT2D eigenvalue weighted by Crippen LogP contribution is 2.32. The average molecular weight is 332 g/mol. The van der Waals surface area contributed by atoms with E-state index in [4.69, 9.17) is 0 Å². The van der Waals surface area contributed by atoms with Crippen LogP contribution in [0.3, 0.4) is 0 Å². The summed E-state index contributed by atoms with van der Waals surface area (Å²) in [6, 6.07) is 18.0. The molecule has 130 valence electrons. The lowest BCUT2D eigenvalue weighted by molar-refractivity contribution is 0.590. The van der Waals surface area contributed by atoms with Crippen LogP contribution in [0.2, 0.25) is 0 Å². The van der Waals surface area contributed by atoms with Crippen LogP contribution in [0.5, 0.6) is 0 Å². The second-order valence-corrected chi connectivity index (χ2v) is 8.37. The second kappa shape index (κ2) is 6.34. The summed E-state index contributed by atoms with van der Waals surface area (Å²) in [5.41, 5.74) is 5.83. The lowest BCUT2D eigenvalue weighted by Crippen LogP contribution is -2.11. The van der Waals surface area contributed by atoms with Gasteiger partial charge in [0.1, 0.15) is 0 Å². The normalized spacial score (nSPS) is 18.1. The first-order valence-electron chi connectivity index (χ1n) is 9.40. The van der Waals surface area contributed by atoms with E-state index in [2.05, 4.69) is 85.4 Å². The number of aromatic nitrogens is 1. The molecule has 0 amide bonds. The minimum absolute atomic E-state index is 0.210. The zero-order valence-corrected chi connectivity index (χ0v) is 15.5. The molecule has 1 aromatic heterocycles. The smallest absolute Gasteiger partial charge is 0.0486 e. The molecule has 0 radical (unpaired) electrons. The molecular formula is C23H28N2. The SMILES string of the molecule is CC(C)(C)c1ccc(Cn2cc(C3CCNC3)c3ccccc32)cc1. The molecule has 1 aliphatic heterocycles. The molecule has 2 heterocycles. The van der Waals surface area contributed by atoms with E-state index >= 15 is 0 Å². The highest BCUT2D eigenvalue weighted by Gasteiger charge is 2.21. The summed E-state index contributed by atoms with van der Waals surface area (Å²) in [5.74, 6) is 0.648. The van der Waals surface area contributed by atoms with E-state index < -0.39 is 0 Å². The number of para-hydroxylation sites is 1. The van der Waals surface area contributed by atoms with Crippen LogP contribution in [0.25, 0.3) is 10.9 Å². The summed E-state index contributed by atoms with van der Waals surface area (Å²) in [5, 5.41) is 4.92. The summed E-state index contributed by atoms with van der Waals surface area (Å²) in [7, 11) is 0. The van der Waals surface area contributed by atoms with Crippen molar-refractivity contribution in [2.75, 3.05) is 13.1 Å². The number of nitrogens with one attached hydrogen (secondary N) is 1. The number of fused-ring (bicyclic) bond motifs is 1. The minimum Gasteiger partial charge on any atom is -0.343 e. The van der Waals surface area contributed by atoms with Gasteiger partial charge in [0.25, 0.3) is 0 Å². The van der Waals surface area contributed by atoms with E-state index in [9.17, 15) is 0 Å². The molecule has 0 aliphatic carbocycles. The summed E-state index contributed by atoms with van der Waals surface area (Å²) in [4.78, 5) is 0. The van der Waals surface area contributed by atoms with E-state index in [0.717, 1.165) is 19.6 Å². The van der Waals surface area contributed by atoms with Crippen molar-refractivity contribution in [2.24, 2.45) is 0 Å². The van der Waals surface area contributed by atoms with Gasteiger partial charge in [0.05, 0.1) is 0 Å². The molecule has 3 aromatic rings. The molecule has 1 saturated heterocycles. The Morgan fingerprint density at radius 1 is 1.04 bits per heavy atom. The van der Waals surface area contributed by atoms with Crippen LogP contribution in [-0.4, -0.2) is 17.7 Å².